The fraction of sp³-hybridized carbons (Fsp3) is 0.150. The average Bonchev–Trinajstić information content (AvgIpc) is 3.51. The molecule has 0 aliphatic carbocycles. The molecule has 5 aromatic rings. The molecule has 0 spiro atoms. The Hall–Kier alpha value is -4.08. The maximum Gasteiger partial charge on any atom is 0.165 e. The quantitative estimate of drug-likeness (QED) is 0.445. The molecule has 9 nitrogen and oxygen atoms in total. The summed E-state index contributed by atoms with van der Waals surface area (Å²) in [5.41, 5.74) is 3.07. The summed E-state index contributed by atoms with van der Waals surface area (Å²) in [6.45, 7) is 1.49. The zero-order chi connectivity index (χ0) is 20.3. The summed E-state index contributed by atoms with van der Waals surface area (Å²) in [7, 11) is 0. The van der Waals surface area contributed by atoms with Crippen LogP contribution in [0.3, 0.4) is 0 Å². The molecule has 0 radical (unpaired) electrons. The Labute approximate surface area is 170 Å². The van der Waals surface area contributed by atoms with Crippen molar-refractivity contribution in [2.24, 2.45) is 0 Å². The van der Waals surface area contributed by atoms with E-state index in [9.17, 15) is 4.39 Å². The van der Waals surface area contributed by atoms with Crippen LogP contribution >= 0.6 is 0 Å². The van der Waals surface area contributed by atoms with Gasteiger partial charge in [0, 0.05) is 0 Å². The normalized spacial score (nSPS) is 11.2. The fourth-order valence-electron chi connectivity index (χ4n) is 3.15. The molecule has 0 fully saturated rings. The number of hydrogen-bond donors (Lipinski definition) is 1. The van der Waals surface area contributed by atoms with E-state index in [1.807, 2.05) is 22.9 Å². The van der Waals surface area contributed by atoms with E-state index in [4.69, 9.17) is 4.42 Å². The largest absolute Gasteiger partial charge is 0.467 e. The van der Waals surface area contributed by atoms with Crippen molar-refractivity contribution in [3.8, 4) is 0 Å². The van der Waals surface area contributed by atoms with Crippen molar-refractivity contribution < 1.29 is 8.81 Å². The first-order chi connectivity index (χ1) is 14.7. The van der Waals surface area contributed by atoms with Gasteiger partial charge in [0.25, 0.3) is 0 Å². The molecule has 30 heavy (non-hydrogen) atoms. The van der Waals surface area contributed by atoms with Gasteiger partial charge in [-0.1, -0.05) is 17.3 Å². The minimum atomic E-state index is -0.259. The topological polar surface area (TPSA) is 99.5 Å². The predicted molar refractivity (Wildman–Crippen MR) is 106 cm³/mol. The SMILES string of the molecule is Fc1ccc(Cn2cc(Cn3cnc4c(NCc5ccco5)ncnc43)nn2)cc1. The molecule has 1 aromatic carbocycles. The summed E-state index contributed by atoms with van der Waals surface area (Å²) < 4.78 is 22.0. The van der Waals surface area contributed by atoms with Gasteiger partial charge in [0.2, 0.25) is 0 Å². The second-order valence-electron chi connectivity index (χ2n) is 6.73. The van der Waals surface area contributed by atoms with Gasteiger partial charge in [-0.3, -0.25) is 0 Å². The summed E-state index contributed by atoms with van der Waals surface area (Å²) in [5.74, 6) is 1.18. The number of nitrogens with zero attached hydrogens (tertiary/aromatic N) is 7. The monoisotopic (exact) mass is 404 g/mol. The van der Waals surface area contributed by atoms with Crippen molar-refractivity contribution in [2.75, 3.05) is 5.32 Å². The highest BCUT2D eigenvalue weighted by Gasteiger charge is 2.12. The van der Waals surface area contributed by atoms with E-state index in [0.29, 0.717) is 36.6 Å². The molecule has 0 bridgehead atoms. The molecular formula is C20H17FN8O. The number of halogens is 1. The van der Waals surface area contributed by atoms with Gasteiger partial charge < -0.3 is 14.3 Å². The Morgan fingerprint density at radius 2 is 1.93 bits per heavy atom. The Bertz CT molecular complexity index is 1260. The molecule has 4 heterocycles. The molecule has 4 aromatic heterocycles. The van der Waals surface area contributed by atoms with E-state index in [0.717, 1.165) is 17.0 Å². The lowest BCUT2D eigenvalue weighted by molar-refractivity contribution is 0.518. The molecular weight excluding hydrogens is 387 g/mol. The zero-order valence-corrected chi connectivity index (χ0v) is 15.8. The van der Waals surface area contributed by atoms with Crippen LogP contribution in [0.1, 0.15) is 17.0 Å². The first kappa shape index (κ1) is 18.0. The van der Waals surface area contributed by atoms with Crippen molar-refractivity contribution in [3.05, 3.63) is 84.3 Å². The van der Waals surface area contributed by atoms with Crippen LogP contribution in [0.5, 0.6) is 0 Å². The van der Waals surface area contributed by atoms with Crippen molar-refractivity contribution in [3.63, 3.8) is 0 Å². The van der Waals surface area contributed by atoms with Crippen LogP contribution < -0.4 is 5.32 Å². The van der Waals surface area contributed by atoms with Crippen LogP contribution in [-0.4, -0.2) is 34.5 Å². The zero-order valence-electron chi connectivity index (χ0n) is 15.8. The molecule has 1 N–H and O–H groups in total. The molecule has 0 saturated carbocycles. The van der Waals surface area contributed by atoms with E-state index in [1.54, 1.807) is 29.4 Å². The summed E-state index contributed by atoms with van der Waals surface area (Å²) >= 11 is 0. The van der Waals surface area contributed by atoms with Gasteiger partial charge in [-0.05, 0) is 29.8 Å². The van der Waals surface area contributed by atoms with Gasteiger partial charge in [0.1, 0.15) is 29.1 Å². The van der Waals surface area contributed by atoms with Crippen molar-refractivity contribution in [2.45, 2.75) is 19.6 Å². The minimum absolute atomic E-state index is 0.259. The third-order valence-corrected chi connectivity index (χ3v) is 4.59. The minimum Gasteiger partial charge on any atom is -0.467 e. The number of hydrogen-bond acceptors (Lipinski definition) is 7. The van der Waals surface area contributed by atoms with Gasteiger partial charge >= 0.3 is 0 Å². The number of fused-ring (bicyclic) bond motifs is 1. The number of aromatic nitrogens is 7. The number of imidazole rings is 1. The number of nitrogens with one attached hydrogen (secondary N) is 1. The van der Waals surface area contributed by atoms with Crippen molar-refractivity contribution in [1.29, 1.82) is 0 Å². The molecule has 5 rings (SSSR count). The molecule has 0 aliphatic heterocycles. The van der Waals surface area contributed by atoms with Gasteiger partial charge in [0.15, 0.2) is 11.5 Å². The Kier molecular flexibility index (Phi) is 4.64. The molecule has 0 amide bonds. The lowest BCUT2D eigenvalue weighted by Crippen LogP contribution is -2.03. The highest BCUT2D eigenvalue weighted by atomic mass is 19.1. The van der Waals surface area contributed by atoms with E-state index >= 15 is 0 Å². The summed E-state index contributed by atoms with van der Waals surface area (Å²) in [6, 6.07) is 10.1. The standard InChI is InChI=1S/C20H17FN8O/c21-15-5-3-14(4-6-15)9-29-11-16(26-27-29)10-28-13-25-18-19(23-12-24-20(18)28)22-8-17-2-1-7-30-17/h1-7,11-13H,8-10H2,(H,22,23,24). The Morgan fingerprint density at radius 1 is 1.03 bits per heavy atom. The van der Waals surface area contributed by atoms with Crippen LogP contribution in [0.2, 0.25) is 0 Å². The van der Waals surface area contributed by atoms with E-state index in [-0.39, 0.29) is 5.82 Å². The number of rotatable bonds is 7. The molecule has 0 atom stereocenters. The van der Waals surface area contributed by atoms with E-state index < -0.39 is 0 Å². The smallest absolute Gasteiger partial charge is 0.165 e. The van der Waals surface area contributed by atoms with Gasteiger partial charge in [-0.15, -0.1) is 5.10 Å². The third-order valence-electron chi connectivity index (χ3n) is 4.59. The number of anilines is 1. The maximum atomic E-state index is 13.1. The van der Waals surface area contributed by atoms with Gasteiger partial charge in [0.05, 0.1) is 38.4 Å². The lowest BCUT2D eigenvalue weighted by atomic mass is 10.2. The van der Waals surface area contributed by atoms with E-state index in [1.165, 1.54) is 18.5 Å². The Balaban J connectivity index is 1.31. The summed E-state index contributed by atoms with van der Waals surface area (Å²) in [5, 5.41) is 11.6. The fourth-order valence-corrected chi connectivity index (χ4v) is 3.15. The molecule has 0 unspecified atom stereocenters. The predicted octanol–water partition coefficient (Wildman–Crippen LogP) is 2.86. The van der Waals surface area contributed by atoms with Gasteiger partial charge in [-0.25, -0.2) is 24.0 Å². The first-order valence-corrected chi connectivity index (χ1v) is 9.30. The first-order valence-electron chi connectivity index (χ1n) is 9.30. The number of benzene rings is 1. The van der Waals surface area contributed by atoms with Crippen LogP contribution in [-0.2, 0) is 19.6 Å². The molecule has 150 valence electrons. The summed E-state index contributed by atoms with van der Waals surface area (Å²) in [4.78, 5) is 13.1. The Morgan fingerprint density at radius 3 is 2.77 bits per heavy atom. The van der Waals surface area contributed by atoms with Crippen LogP contribution in [0.25, 0.3) is 11.2 Å². The van der Waals surface area contributed by atoms with Crippen LogP contribution in [0.15, 0.2) is 65.9 Å². The highest BCUT2D eigenvalue weighted by molar-refractivity contribution is 5.82. The van der Waals surface area contributed by atoms with E-state index in [2.05, 4.69) is 30.6 Å². The molecule has 10 heteroatoms. The third kappa shape index (κ3) is 3.75. The lowest BCUT2D eigenvalue weighted by Gasteiger charge is -2.04. The number of furan rings is 1. The van der Waals surface area contributed by atoms with Crippen molar-refractivity contribution in [1.82, 2.24) is 34.5 Å². The van der Waals surface area contributed by atoms with Gasteiger partial charge in [-0.2, -0.15) is 0 Å². The summed E-state index contributed by atoms with van der Waals surface area (Å²) in [6.07, 6.45) is 6.68. The molecule has 0 aliphatic rings. The van der Waals surface area contributed by atoms with Crippen molar-refractivity contribution >= 4 is 17.0 Å². The second-order valence-corrected chi connectivity index (χ2v) is 6.73. The molecule has 0 saturated heterocycles. The van der Waals surface area contributed by atoms with Crippen LogP contribution in [0.4, 0.5) is 10.2 Å². The average molecular weight is 404 g/mol. The highest BCUT2D eigenvalue weighted by Crippen LogP contribution is 2.19. The maximum absolute atomic E-state index is 13.1. The second kappa shape index (κ2) is 7.74. The van der Waals surface area contributed by atoms with Crippen LogP contribution in [0, 0.1) is 5.82 Å².